The maximum atomic E-state index is 12.4. The molecule has 142 valence electrons. The average molecular weight is 380 g/mol. The molecule has 1 unspecified atom stereocenters. The molecular formula is C18H24N2O5S. The summed E-state index contributed by atoms with van der Waals surface area (Å²) in [6.45, 7) is 2.53. The predicted octanol–water partition coefficient (Wildman–Crippen LogP) is 1.86. The Labute approximate surface area is 157 Å². The molecule has 2 amide bonds. The van der Waals surface area contributed by atoms with Crippen molar-refractivity contribution < 1.29 is 24.2 Å². The maximum Gasteiger partial charge on any atom is 0.303 e. The normalized spacial score (nSPS) is 16.3. The van der Waals surface area contributed by atoms with Gasteiger partial charge in [0.15, 0.2) is 0 Å². The van der Waals surface area contributed by atoms with Gasteiger partial charge in [0, 0.05) is 25.1 Å². The predicted molar refractivity (Wildman–Crippen MR) is 98.9 cm³/mol. The fraction of sp³-hybridized carbons (Fsp3) is 0.500. The van der Waals surface area contributed by atoms with Crippen LogP contribution < -0.4 is 10.1 Å². The van der Waals surface area contributed by atoms with E-state index in [9.17, 15) is 14.4 Å². The van der Waals surface area contributed by atoms with Gasteiger partial charge in [0.1, 0.15) is 11.8 Å². The molecule has 0 aromatic heterocycles. The third-order valence-corrected chi connectivity index (χ3v) is 5.01. The first-order valence-electron chi connectivity index (χ1n) is 8.59. The molecule has 0 bridgehead atoms. The Kier molecular flexibility index (Phi) is 7.77. The van der Waals surface area contributed by atoms with Gasteiger partial charge >= 0.3 is 5.97 Å². The van der Waals surface area contributed by atoms with Crippen LogP contribution in [0, 0.1) is 0 Å². The third-order valence-electron chi connectivity index (χ3n) is 4.00. The molecule has 2 N–H and O–H groups in total. The van der Waals surface area contributed by atoms with Crippen molar-refractivity contribution in [2.24, 2.45) is 0 Å². The molecule has 7 nitrogen and oxygen atoms in total. The van der Waals surface area contributed by atoms with Crippen LogP contribution in [0.2, 0.25) is 0 Å². The molecule has 0 aliphatic carbocycles. The van der Waals surface area contributed by atoms with Gasteiger partial charge in [0.2, 0.25) is 11.8 Å². The number of hydrogen-bond acceptors (Lipinski definition) is 5. The maximum absolute atomic E-state index is 12.4. The van der Waals surface area contributed by atoms with Gasteiger partial charge in [0.25, 0.3) is 0 Å². The first-order valence-corrected chi connectivity index (χ1v) is 9.75. The molecule has 1 fully saturated rings. The number of carboxylic acid groups (broad SMARTS) is 1. The molecule has 8 heteroatoms. The largest absolute Gasteiger partial charge is 0.494 e. The summed E-state index contributed by atoms with van der Waals surface area (Å²) in [6, 6.07) is 6.89. The fourth-order valence-corrected chi connectivity index (χ4v) is 3.71. The second-order valence-electron chi connectivity index (χ2n) is 5.94. The SMILES string of the molecule is CCC(=O)N1CSCC1C(=O)NCc1ccc(OCCCC(=O)O)cc1. The van der Waals surface area contributed by atoms with Crippen LogP contribution in [0.5, 0.6) is 5.75 Å². The third kappa shape index (κ3) is 5.94. The van der Waals surface area contributed by atoms with Gasteiger partial charge < -0.3 is 20.1 Å². The zero-order chi connectivity index (χ0) is 18.9. The lowest BCUT2D eigenvalue weighted by atomic mass is 10.2. The van der Waals surface area contributed by atoms with E-state index < -0.39 is 12.0 Å². The van der Waals surface area contributed by atoms with Crippen LogP contribution in [0.3, 0.4) is 0 Å². The zero-order valence-electron chi connectivity index (χ0n) is 14.8. The number of carbonyl (C=O) groups excluding carboxylic acids is 2. The number of carboxylic acids is 1. The molecule has 1 atom stereocenters. The summed E-state index contributed by atoms with van der Waals surface area (Å²) in [5.74, 6) is 0.890. The molecule has 2 rings (SSSR count). The van der Waals surface area contributed by atoms with Crippen molar-refractivity contribution in [2.45, 2.75) is 38.8 Å². The molecule has 1 aliphatic heterocycles. The molecule has 1 aromatic carbocycles. The van der Waals surface area contributed by atoms with Crippen LogP contribution in [0.1, 0.15) is 31.7 Å². The molecule has 0 radical (unpaired) electrons. The van der Waals surface area contributed by atoms with Crippen molar-refractivity contribution in [3.8, 4) is 5.75 Å². The summed E-state index contributed by atoms with van der Waals surface area (Å²) in [5, 5.41) is 11.5. The summed E-state index contributed by atoms with van der Waals surface area (Å²) in [7, 11) is 0. The second kappa shape index (κ2) is 10.1. The van der Waals surface area contributed by atoms with Gasteiger partial charge in [-0.2, -0.15) is 0 Å². The van der Waals surface area contributed by atoms with Gasteiger partial charge in [0.05, 0.1) is 12.5 Å². The van der Waals surface area contributed by atoms with Crippen LogP contribution >= 0.6 is 11.8 Å². The topological polar surface area (TPSA) is 95.9 Å². The molecule has 1 aromatic rings. The highest BCUT2D eigenvalue weighted by Crippen LogP contribution is 2.22. The van der Waals surface area contributed by atoms with Gasteiger partial charge in [-0.05, 0) is 24.1 Å². The van der Waals surface area contributed by atoms with E-state index in [-0.39, 0.29) is 18.2 Å². The number of ether oxygens (including phenoxy) is 1. The van der Waals surface area contributed by atoms with Crippen LogP contribution in [-0.4, -0.2) is 52.1 Å². The zero-order valence-corrected chi connectivity index (χ0v) is 15.6. The number of benzene rings is 1. The van der Waals surface area contributed by atoms with Crippen molar-refractivity contribution in [3.05, 3.63) is 29.8 Å². The molecular weight excluding hydrogens is 356 g/mol. The van der Waals surface area contributed by atoms with Crippen LogP contribution in [0.4, 0.5) is 0 Å². The molecule has 0 saturated carbocycles. The number of nitrogens with one attached hydrogen (secondary N) is 1. The van der Waals surface area contributed by atoms with Crippen molar-refractivity contribution >= 4 is 29.5 Å². The number of rotatable bonds is 9. The molecule has 1 aliphatic rings. The van der Waals surface area contributed by atoms with E-state index in [1.165, 1.54) is 0 Å². The van der Waals surface area contributed by atoms with Crippen LogP contribution in [0.15, 0.2) is 24.3 Å². The molecule has 26 heavy (non-hydrogen) atoms. The van der Waals surface area contributed by atoms with E-state index in [1.807, 2.05) is 12.1 Å². The monoisotopic (exact) mass is 380 g/mol. The lowest BCUT2D eigenvalue weighted by molar-refractivity contribution is -0.137. The minimum absolute atomic E-state index is 0.000417. The summed E-state index contributed by atoms with van der Waals surface area (Å²) in [5.41, 5.74) is 0.926. The number of carbonyl (C=O) groups is 3. The standard InChI is InChI=1S/C18H24N2O5S/c1-2-16(21)20-12-26-11-15(20)18(24)19-10-13-5-7-14(8-6-13)25-9-3-4-17(22)23/h5-8,15H,2-4,9-12H2,1H3,(H,19,24)(H,22,23). The van der Waals surface area contributed by atoms with E-state index in [0.29, 0.717) is 43.4 Å². The Hall–Kier alpha value is -2.22. The lowest BCUT2D eigenvalue weighted by Gasteiger charge is -2.22. The number of thioether (sulfide) groups is 1. The number of nitrogens with zero attached hydrogens (tertiary/aromatic N) is 1. The molecule has 1 saturated heterocycles. The minimum Gasteiger partial charge on any atom is -0.494 e. The Morgan fingerprint density at radius 1 is 1.31 bits per heavy atom. The van der Waals surface area contributed by atoms with Gasteiger partial charge in [-0.3, -0.25) is 14.4 Å². The highest BCUT2D eigenvalue weighted by atomic mass is 32.2. The Bertz CT molecular complexity index is 635. The van der Waals surface area contributed by atoms with Crippen LogP contribution in [0.25, 0.3) is 0 Å². The summed E-state index contributed by atoms with van der Waals surface area (Å²) in [6.07, 6.45) is 0.943. The number of amides is 2. The highest BCUT2D eigenvalue weighted by molar-refractivity contribution is 7.99. The number of aliphatic carboxylic acids is 1. The first-order chi connectivity index (χ1) is 12.5. The first kappa shape index (κ1) is 20.1. The summed E-state index contributed by atoms with van der Waals surface area (Å²) in [4.78, 5) is 36.3. The van der Waals surface area contributed by atoms with Crippen molar-refractivity contribution in [1.29, 1.82) is 0 Å². The average Bonchev–Trinajstić information content (AvgIpc) is 3.13. The van der Waals surface area contributed by atoms with Crippen molar-refractivity contribution in [3.63, 3.8) is 0 Å². The minimum atomic E-state index is -0.834. The lowest BCUT2D eigenvalue weighted by Crippen LogP contribution is -2.46. The van der Waals surface area contributed by atoms with E-state index in [2.05, 4.69) is 5.32 Å². The van der Waals surface area contributed by atoms with Gasteiger partial charge in [-0.15, -0.1) is 11.8 Å². The summed E-state index contributed by atoms with van der Waals surface area (Å²) < 4.78 is 5.47. The van der Waals surface area contributed by atoms with Crippen molar-refractivity contribution in [1.82, 2.24) is 10.2 Å². The Morgan fingerprint density at radius 3 is 2.69 bits per heavy atom. The molecule has 0 spiro atoms. The van der Waals surface area contributed by atoms with Gasteiger partial charge in [-0.25, -0.2) is 0 Å². The van der Waals surface area contributed by atoms with E-state index in [1.54, 1.807) is 35.7 Å². The van der Waals surface area contributed by atoms with E-state index in [0.717, 1.165) is 5.56 Å². The van der Waals surface area contributed by atoms with Crippen LogP contribution in [-0.2, 0) is 20.9 Å². The number of hydrogen-bond donors (Lipinski definition) is 2. The Morgan fingerprint density at radius 2 is 2.04 bits per heavy atom. The Balaban J connectivity index is 1.77. The van der Waals surface area contributed by atoms with Gasteiger partial charge in [-0.1, -0.05) is 19.1 Å². The molecule has 1 heterocycles. The summed E-state index contributed by atoms with van der Waals surface area (Å²) >= 11 is 1.59. The second-order valence-corrected chi connectivity index (χ2v) is 6.94. The highest BCUT2D eigenvalue weighted by Gasteiger charge is 2.33. The smallest absolute Gasteiger partial charge is 0.303 e. The van der Waals surface area contributed by atoms with Crippen molar-refractivity contribution in [2.75, 3.05) is 18.2 Å². The quantitative estimate of drug-likeness (QED) is 0.635. The van der Waals surface area contributed by atoms with E-state index >= 15 is 0 Å². The fourth-order valence-electron chi connectivity index (χ4n) is 2.53. The van der Waals surface area contributed by atoms with E-state index in [4.69, 9.17) is 9.84 Å².